The predicted molar refractivity (Wildman–Crippen MR) is 129 cm³/mol. The predicted octanol–water partition coefficient (Wildman–Crippen LogP) is 3.78. The third-order valence-corrected chi connectivity index (χ3v) is 6.02. The Bertz CT molecular complexity index is 968. The zero-order valence-electron chi connectivity index (χ0n) is 19.3. The van der Waals surface area contributed by atoms with Crippen LogP contribution >= 0.6 is 0 Å². The number of hydrogen-bond acceptors (Lipinski definition) is 5. The van der Waals surface area contributed by atoms with Gasteiger partial charge in [-0.25, -0.2) is 0 Å². The highest BCUT2D eigenvalue weighted by Gasteiger charge is 2.21. The summed E-state index contributed by atoms with van der Waals surface area (Å²) in [4.78, 5) is 17.6. The highest BCUT2D eigenvalue weighted by Crippen LogP contribution is 2.17. The monoisotopic (exact) mass is 447 g/mol. The molecule has 3 aromatic rings. The third-order valence-electron chi connectivity index (χ3n) is 6.02. The number of morpholine rings is 1. The van der Waals surface area contributed by atoms with E-state index in [1.54, 1.807) is 6.26 Å². The van der Waals surface area contributed by atoms with E-state index in [1.807, 2.05) is 47.4 Å². The lowest BCUT2D eigenvalue weighted by atomic mass is 10.0. The molecule has 6 heteroatoms. The average molecular weight is 448 g/mol. The van der Waals surface area contributed by atoms with E-state index in [1.165, 1.54) is 11.1 Å². The lowest BCUT2D eigenvalue weighted by Gasteiger charge is -2.31. The second-order valence-corrected chi connectivity index (χ2v) is 8.57. The summed E-state index contributed by atoms with van der Waals surface area (Å²) in [5.41, 5.74) is 3.52. The van der Waals surface area contributed by atoms with E-state index in [-0.39, 0.29) is 18.5 Å². The first-order valence-corrected chi connectivity index (χ1v) is 11.6. The second-order valence-electron chi connectivity index (χ2n) is 8.57. The maximum Gasteiger partial charge on any atom is 0.237 e. The highest BCUT2D eigenvalue weighted by molar-refractivity contribution is 5.78. The number of hydrogen-bond donors (Lipinski definition) is 1. The van der Waals surface area contributed by atoms with Gasteiger partial charge in [0.2, 0.25) is 5.91 Å². The summed E-state index contributed by atoms with van der Waals surface area (Å²) in [6.45, 7) is 7.52. The maximum atomic E-state index is 13.3. The molecule has 1 aliphatic heterocycles. The zero-order chi connectivity index (χ0) is 22.9. The van der Waals surface area contributed by atoms with Crippen molar-refractivity contribution in [2.45, 2.75) is 26.1 Å². The van der Waals surface area contributed by atoms with Crippen molar-refractivity contribution in [1.82, 2.24) is 15.1 Å². The van der Waals surface area contributed by atoms with Crippen molar-refractivity contribution in [2.75, 3.05) is 39.4 Å². The molecule has 1 atom stereocenters. The van der Waals surface area contributed by atoms with E-state index in [0.717, 1.165) is 44.2 Å². The molecule has 33 heavy (non-hydrogen) atoms. The summed E-state index contributed by atoms with van der Waals surface area (Å²) in [6, 6.07) is 22.5. The molecule has 2 aromatic carbocycles. The van der Waals surface area contributed by atoms with Gasteiger partial charge in [-0.2, -0.15) is 0 Å². The minimum Gasteiger partial charge on any atom is -0.467 e. The first-order chi connectivity index (χ1) is 16.2. The highest BCUT2D eigenvalue weighted by atomic mass is 16.5. The molecule has 0 radical (unpaired) electrons. The molecule has 174 valence electrons. The normalized spacial score (nSPS) is 15.3. The van der Waals surface area contributed by atoms with Crippen molar-refractivity contribution < 1.29 is 13.9 Å². The molecule has 6 nitrogen and oxygen atoms in total. The number of aryl methyl sites for hydroxylation is 1. The number of rotatable bonds is 10. The Hall–Kier alpha value is -2.93. The van der Waals surface area contributed by atoms with Crippen LogP contribution in [0, 0.1) is 6.92 Å². The van der Waals surface area contributed by atoms with Gasteiger partial charge in [0.15, 0.2) is 0 Å². The smallest absolute Gasteiger partial charge is 0.237 e. The number of benzene rings is 2. The Labute approximate surface area is 196 Å². The largest absolute Gasteiger partial charge is 0.467 e. The number of carbonyl (C=O) groups is 1. The summed E-state index contributed by atoms with van der Waals surface area (Å²) < 4.78 is 11.0. The number of furan rings is 1. The molecule has 1 fully saturated rings. The van der Waals surface area contributed by atoms with E-state index in [0.29, 0.717) is 13.1 Å². The Balaban J connectivity index is 1.44. The summed E-state index contributed by atoms with van der Waals surface area (Å²) >= 11 is 0. The molecule has 0 aliphatic carbocycles. The summed E-state index contributed by atoms with van der Waals surface area (Å²) in [5.74, 6) is 0.831. The zero-order valence-corrected chi connectivity index (χ0v) is 19.3. The lowest BCUT2D eigenvalue weighted by Crippen LogP contribution is -2.44. The van der Waals surface area contributed by atoms with Gasteiger partial charge in [0.1, 0.15) is 5.76 Å². The minimum atomic E-state index is 0.0503. The molecular formula is C27H33N3O3. The van der Waals surface area contributed by atoms with Gasteiger partial charge < -0.3 is 19.4 Å². The summed E-state index contributed by atoms with van der Waals surface area (Å²) in [7, 11) is 0. The molecule has 4 rings (SSSR count). The van der Waals surface area contributed by atoms with Crippen LogP contribution in [0.25, 0.3) is 0 Å². The first kappa shape index (κ1) is 23.2. The quantitative estimate of drug-likeness (QED) is 0.513. The first-order valence-electron chi connectivity index (χ1n) is 11.6. The summed E-state index contributed by atoms with van der Waals surface area (Å²) in [5, 5.41) is 3.54. The van der Waals surface area contributed by atoms with Crippen LogP contribution in [0.4, 0.5) is 0 Å². The minimum absolute atomic E-state index is 0.0503. The maximum absolute atomic E-state index is 13.3. The Kier molecular flexibility index (Phi) is 8.30. The van der Waals surface area contributed by atoms with Crippen molar-refractivity contribution in [1.29, 1.82) is 0 Å². The van der Waals surface area contributed by atoms with Crippen molar-refractivity contribution >= 4 is 5.91 Å². The van der Waals surface area contributed by atoms with Crippen LogP contribution in [-0.4, -0.2) is 55.1 Å². The molecule has 1 aromatic heterocycles. The topological polar surface area (TPSA) is 58.0 Å². The SMILES string of the molecule is Cc1ccc([C@@H](CN2CCOCC2)NCC(=O)N(Cc2ccccc2)Cc2ccco2)cc1. The Morgan fingerprint density at radius 1 is 1.00 bits per heavy atom. The molecular weight excluding hydrogens is 414 g/mol. The van der Waals surface area contributed by atoms with E-state index in [9.17, 15) is 4.79 Å². The molecule has 1 N–H and O–H groups in total. The molecule has 0 spiro atoms. The van der Waals surface area contributed by atoms with Gasteiger partial charge >= 0.3 is 0 Å². The van der Waals surface area contributed by atoms with Crippen LogP contribution in [0.1, 0.15) is 28.5 Å². The van der Waals surface area contributed by atoms with Crippen molar-refractivity contribution in [3.63, 3.8) is 0 Å². The van der Waals surface area contributed by atoms with Crippen LogP contribution in [0.5, 0.6) is 0 Å². The third kappa shape index (κ3) is 7.02. The van der Waals surface area contributed by atoms with E-state index in [4.69, 9.17) is 9.15 Å². The van der Waals surface area contributed by atoms with Gasteiger partial charge in [0.25, 0.3) is 0 Å². The number of ether oxygens (including phenoxy) is 1. The van der Waals surface area contributed by atoms with Crippen LogP contribution in [0.3, 0.4) is 0 Å². The van der Waals surface area contributed by atoms with Gasteiger partial charge in [-0.05, 0) is 30.2 Å². The van der Waals surface area contributed by atoms with E-state index >= 15 is 0 Å². The molecule has 0 saturated carbocycles. The van der Waals surface area contributed by atoms with Crippen LogP contribution in [0.2, 0.25) is 0 Å². The van der Waals surface area contributed by atoms with Crippen LogP contribution in [0.15, 0.2) is 77.4 Å². The van der Waals surface area contributed by atoms with Crippen LogP contribution < -0.4 is 5.32 Å². The van der Waals surface area contributed by atoms with Crippen molar-refractivity contribution in [2.24, 2.45) is 0 Å². The Morgan fingerprint density at radius 2 is 1.76 bits per heavy atom. The van der Waals surface area contributed by atoms with Crippen molar-refractivity contribution in [3.05, 3.63) is 95.4 Å². The Morgan fingerprint density at radius 3 is 2.45 bits per heavy atom. The van der Waals surface area contributed by atoms with E-state index in [2.05, 4.69) is 41.4 Å². The standard InChI is InChI=1S/C27H33N3O3/c1-22-9-11-24(12-10-22)26(21-29-13-16-32-17-14-29)28-18-27(31)30(20-25-8-5-15-33-25)19-23-6-3-2-4-7-23/h2-12,15,26,28H,13-14,16-21H2,1H3/t26-/m1/s1. The number of carbonyl (C=O) groups excluding carboxylic acids is 1. The fourth-order valence-corrected chi connectivity index (χ4v) is 4.08. The number of amides is 1. The van der Waals surface area contributed by atoms with Gasteiger partial charge in [-0.15, -0.1) is 0 Å². The van der Waals surface area contributed by atoms with E-state index < -0.39 is 0 Å². The summed E-state index contributed by atoms with van der Waals surface area (Å²) in [6.07, 6.45) is 1.65. The number of nitrogens with zero attached hydrogens (tertiary/aromatic N) is 2. The molecule has 1 aliphatic rings. The average Bonchev–Trinajstić information content (AvgIpc) is 3.36. The fourth-order valence-electron chi connectivity index (χ4n) is 4.08. The lowest BCUT2D eigenvalue weighted by molar-refractivity contribution is -0.132. The molecule has 2 heterocycles. The second kappa shape index (κ2) is 11.8. The van der Waals surface area contributed by atoms with Crippen LogP contribution in [-0.2, 0) is 22.6 Å². The van der Waals surface area contributed by atoms with Crippen molar-refractivity contribution in [3.8, 4) is 0 Å². The van der Waals surface area contributed by atoms with Gasteiger partial charge in [-0.3, -0.25) is 9.69 Å². The molecule has 1 saturated heterocycles. The molecule has 0 unspecified atom stereocenters. The van der Waals surface area contributed by atoms with Gasteiger partial charge in [-0.1, -0.05) is 60.2 Å². The van der Waals surface area contributed by atoms with Gasteiger partial charge in [0, 0.05) is 32.2 Å². The molecule has 1 amide bonds. The van der Waals surface area contributed by atoms with Gasteiger partial charge in [0.05, 0.1) is 32.6 Å². The molecule has 0 bridgehead atoms. The fraction of sp³-hybridized carbons (Fsp3) is 0.370. The number of nitrogens with one attached hydrogen (secondary N) is 1.